The molecule has 132 valence electrons. The Kier molecular flexibility index (Phi) is 5.31. The molecule has 1 aromatic rings. The van der Waals surface area contributed by atoms with Gasteiger partial charge in [-0.15, -0.1) is 0 Å². The summed E-state index contributed by atoms with van der Waals surface area (Å²) in [5.41, 5.74) is -0.673. The minimum atomic E-state index is -0.768. The van der Waals surface area contributed by atoms with Gasteiger partial charge in [-0.1, -0.05) is 0 Å². The first-order valence-electron chi connectivity index (χ1n) is 7.69. The molecule has 6 nitrogen and oxygen atoms in total. The van der Waals surface area contributed by atoms with Crippen molar-refractivity contribution in [3.63, 3.8) is 0 Å². The van der Waals surface area contributed by atoms with Crippen LogP contribution in [0.5, 0.6) is 5.75 Å². The number of esters is 1. The Morgan fingerprint density at radius 1 is 1.21 bits per heavy atom. The highest BCUT2D eigenvalue weighted by Crippen LogP contribution is 2.26. The second-order valence-electron chi connectivity index (χ2n) is 6.60. The highest BCUT2D eigenvalue weighted by molar-refractivity contribution is 5.82. The molecule has 2 rings (SSSR count). The van der Waals surface area contributed by atoms with Gasteiger partial charge in [0.15, 0.2) is 0 Å². The number of likely N-dealkylation sites (tertiary alicyclic amines) is 1. The smallest absolute Gasteiger partial charge is 0.411 e. The minimum Gasteiger partial charge on any atom is -0.488 e. The van der Waals surface area contributed by atoms with E-state index in [1.54, 1.807) is 20.8 Å². The highest BCUT2D eigenvalue weighted by Gasteiger charge is 2.43. The molecule has 24 heavy (non-hydrogen) atoms. The molecule has 1 fully saturated rings. The summed E-state index contributed by atoms with van der Waals surface area (Å²) in [7, 11) is 1.27. The molecule has 1 amide bonds. The Hall–Kier alpha value is -2.31. The molecule has 2 unspecified atom stereocenters. The molecule has 1 saturated heterocycles. The predicted molar refractivity (Wildman–Crippen MR) is 84.2 cm³/mol. The van der Waals surface area contributed by atoms with Crippen LogP contribution < -0.4 is 4.74 Å². The maximum absolute atomic E-state index is 13.0. The van der Waals surface area contributed by atoms with Crippen molar-refractivity contribution in [2.24, 2.45) is 0 Å². The summed E-state index contributed by atoms with van der Waals surface area (Å²) in [4.78, 5) is 25.6. The molecule has 0 aliphatic carbocycles. The Labute approximate surface area is 140 Å². The lowest BCUT2D eigenvalue weighted by molar-refractivity contribution is -0.145. The number of amides is 1. The average molecular weight is 339 g/mol. The maximum Gasteiger partial charge on any atom is 0.411 e. The number of carbonyl (C=O) groups is 2. The Balaban J connectivity index is 2.09. The fraction of sp³-hybridized carbons (Fsp3) is 0.529. The van der Waals surface area contributed by atoms with E-state index in [1.165, 1.54) is 36.3 Å². The van der Waals surface area contributed by atoms with Gasteiger partial charge in [-0.05, 0) is 45.0 Å². The van der Waals surface area contributed by atoms with Gasteiger partial charge in [0.2, 0.25) is 0 Å². The maximum atomic E-state index is 13.0. The minimum absolute atomic E-state index is 0.187. The zero-order chi connectivity index (χ0) is 17.9. The summed E-state index contributed by atoms with van der Waals surface area (Å²) in [5, 5.41) is 0. The molecule has 1 aliphatic rings. The van der Waals surface area contributed by atoms with E-state index >= 15 is 0 Å². The van der Waals surface area contributed by atoms with Gasteiger partial charge in [-0.2, -0.15) is 0 Å². The molecule has 0 spiro atoms. The molecule has 0 saturated carbocycles. The van der Waals surface area contributed by atoms with E-state index in [4.69, 9.17) is 14.2 Å². The Bertz CT molecular complexity index is 596. The number of rotatable bonds is 3. The summed E-state index contributed by atoms with van der Waals surface area (Å²) in [5.74, 6) is -0.418. The van der Waals surface area contributed by atoms with Crippen LogP contribution in [0.4, 0.5) is 9.18 Å². The van der Waals surface area contributed by atoms with Crippen molar-refractivity contribution >= 4 is 12.1 Å². The van der Waals surface area contributed by atoms with Crippen LogP contribution in [0.1, 0.15) is 27.2 Å². The summed E-state index contributed by atoms with van der Waals surface area (Å²) in [6.07, 6.45) is -0.723. The molecule has 1 aromatic carbocycles. The lowest BCUT2D eigenvalue weighted by atomic mass is 10.2. The van der Waals surface area contributed by atoms with Crippen LogP contribution in [0.2, 0.25) is 0 Å². The van der Waals surface area contributed by atoms with Crippen molar-refractivity contribution in [2.45, 2.75) is 44.9 Å². The van der Waals surface area contributed by atoms with E-state index in [9.17, 15) is 14.0 Å². The molecule has 7 heteroatoms. The zero-order valence-electron chi connectivity index (χ0n) is 14.2. The van der Waals surface area contributed by atoms with E-state index in [2.05, 4.69) is 0 Å². The number of hydrogen-bond donors (Lipinski definition) is 0. The van der Waals surface area contributed by atoms with Gasteiger partial charge in [0, 0.05) is 6.42 Å². The normalized spacial score (nSPS) is 20.6. The second-order valence-corrected chi connectivity index (χ2v) is 6.60. The fourth-order valence-corrected chi connectivity index (χ4v) is 2.47. The number of carbonyl (C=O) groups excluding carboxylic acids is 2. The third-order valence-electron chi connectivity index (χ3n) is 3.48. The molecule has 1 heterocycles. The summed E-state index contributed by atoms with van der Waals surface area (Å²) in [6, 6.07) is 4.80. The zero-order valence-corrected chi connectivity index (χ0v) is 14.2. The summed E-state index contributed by atoms with van der Waals surface area (Å²) >= 11 is 0. The third-order valence-corrected chi connectivity index (χ3v) is 3.48. The lowest BCUT2D eigenvalue weighted by Gasteiger charge is -2.27. The molecule has 1 aliphatic heterocycles. The lowest BCUT2D eigenvalue weighted by Crippen LogP contribution is -2.44. The van der Waals surface area contributed by atoms with Crippen LogP contribution >= 0.6 is 0 Å². The molecular weight excluding hydrogens is 317 g/mol. The van der Waals surface area contributed by atoms with Crippen molar-refractivity contribution in [1.82, 2.24) is 4.90 Å². The fourth-order valence-electron chi connectivity index (χ4n) is 2.47. The monoisotopic (exact) mass is 339 g/mol. The number of hydrogen-bond acceptors (Lipinski definition) is 5. The molecule has 0 bridgehead atoms. The summed E-state index contributed by atoms with van der Waals surface area (Å²) in [6.45, 7) is 5.44. The quantitative estimate of drug-likeness (QED) is 0.792. The van der Waals surface area contributed by atoms with E-state index in [1.807, 2.05) is 0 Å². The van der Waals surface area contributed by atoms with Crippen LogP contribution in [-0.4, -0.2) is 48.4 Å². The first-order valence-corrected chi connectivity index (χ1v) is 7.69. The number of benzene rings is 1. The second kappa shape index (κ2) is 7.07. The van der Waals surface area contributed by atoms with Gasteiger partial charge < -0.3 is 14.2 Å². The van der Waals surface area contributed by atoms with Gasteiger partial charge in [0.1, 0.15) is 29.3 Å². The standard InChI is InChI=1S/C17H22FNO5/c1-17(2,3)24-16(21)19-10-13(9-14(19)15(20)22-4)23-12-7-5-11(18)6-8-12/h5-8,13-14H,9-10H2,1-4H3. The number of halogens is 1. The third kappa shape index (κ3) is 4.59. The highest BCUT2D eigenvalue weighted by atomic mass is 19.1. The SMILES string of the molecule is COC(=O)C1CC(Oc2ccc(F)cc2)CN1C(=O)OC(C)(C)C. The van der Waals surface area contributed by atoms with E-state index in [0.29, 0.717) is 5.75 Å². The molecular formula is C17H22FNO5. The van der Waals surface area contributed by atoms with Crippen molar-refractivity contribution < 1.29 is 28.2 Å². The molecule has 2 atom stereocenters. The molecule has 0 radical (unpaired) electrons. The largest absolute Gasteiger partial charge is 0.488 e. The van der Waals surface area contributed by atoms with Gasteiger partial charge in [0.05, 0.1) is 13.7 Å². The van der Waals surface area contributed by atoms with Gasteiger partial charge in [-0.3, -0.25) is 4.90 Å². The van der Waals surface area contributed by atoms with Crippen LogP contribution in [0, 0.1) is 5.82 Å². The van der Waals surface area contributed by atoms with Crippen molar-refractivity contribution in [2.75, 3.05) is 13.7 Å². The van der Waals surface area contributed by atoms with Gasteiger partial charge in [0.25, 0.3) is 0 Å². The number of ether oxygens (including phenoxy) is 3. The van der Waals surface area contributed by atoms with E-state index in [0.717, 1.165) is 0 Å². The van der Waals surface area contributed by atoms with Crippen LogP contribution in [0.15, 0.2) is 24.3 Å². The summed E-state index contributed by atoms with van der Waals surface area (Å²) < 4.78 is 28.8. The van der Waals surface area contributed by atoms with Crippen molar-refractivity contribution in [3.8, 4) is 5.75 Å². The number of nitrogens with zero attached hydrogens (tertiary/aromatic N) is 1. The van der Waals surface area contributed by atoms with Crippen LogP contribution in [0.3, 0.4) is 0 Å². The Morgan fingerprint density at radius 2 is 1.83 bits per heavy atom. The molecule has 0 aromatic heterocycles. The van der Waals surface area contributed by atoms with Crippen LogP contribution in [-0.2, 0) is 14.3 Å². The van der Waals surface area contributed by atoms with Crippen molar-refractivity contribution in [1.29, 1.82) is 0 Å². The average Bonchev–Trinajstić information content (AvgIpc) is 2.91. The van der Waals surface area contributed by atoms with E-state index in [-0.39, 0.29) is 18.8 Å². The number of methoxy groups -OCH3 is 1. The topological polar surface area (TPSA) is 65.1 Å². The predicted octanol–water partition coefficient (Wildman–Crippen LogP) is 2.76. The first-order chi connectivity index (χ1) is 11.2. The Morgan fingerprint density at radius 3 is 2.38 bits per heavy atom. The van der Waals surface area contributed by atoms with Gasteiger partial charge in [-0.25, -0.2) is 14.0 Å². The van der Waals surface area contributed by atoms with Gasteiger partial charge >= 0.3 is 12.1 Å². The first kappa shape index (κ1) is 18.0. The van der Waals surface area contributed by atoms with Crippen molar-refractivity contribution in [3.05, 3.63) is 30.1 Å². The van der Waals surface area contributed by atoms with E-state index < -0.39 is 29.8 Å². The molecule has 0 N–H and O–H groups in total. The van der Waals surface area contributed by atoms with Crippen LogP contribution in [0.25, 0.3) is 0 Å².